The summed E-state index contributed by atoms with van der Waals surface area (Å²) in [7, 11) is -7.25. The number of sulfonamides is 1. The van der Waals surface area contributed by atoms with Crippen LogP contribution in [-0.4, -0.2) is 52.4 Å². The molecule has 1 heterocycles. The van der Waals surface area contributed by atoms with E-state index in [1.54, 1.807) is 0 Å². The van der Waals surface area contributed by atoms with Crippen molar-refractivity contribution in [3.8, 4) is 0 Å². The highest BCUT2D eigenvalue weighted by Gasteiger charge is 2.33. The van der Waals surface area contributed by atoms with E-state index >= 15 is 0 Å². The Balaban J connectivity index is 2.17. The molecule has 1 saturated heterocycles. The molecule has 7 nitrogen and oxygen atoms in total. The van der Waals surface area contributed by atoms with Gasteiger partial charge in [0.15, 0.2) is 5.78 Å². The summed E-state index contributed by atoms with van der Waals surface area (Å²) >= 11 is 0. The molecule has 1 fully saturated rings. The molecule has 140 valence electrons. The zero-order chi connectivity index (χ0) is 18.7. The number of rotatable bonds is 7. The molecule has 0 aromatic heterocycles. The fourth-order valence-electron chi connectivity index (χ4n) is 2.91. The van der Waals surface area contributed by atoms with Gasteiger partial charge in [0.2, 0.25) is 10.0 Å². The van der Waals surface area contributed by atoms with Crippen molar-refractivity contribution < 1.29 is 25.8 Å². The summed E-state index contributed by atoms with van der Waals surface area (Å²) in [6, 6.07) is 5.57. The Labute approximate surface area is 149 Å². The van der Waals surface area contributed by atoms with E-state index in [1.807, 2.05) is 0 Å². The number of nitrogens with zero attached hydrogens (tertiary/aromatic N) is 1. The minimum absolute atomic E-state index is 0.0429. The number of hydrogen-bond acceptors (Lipinski definition) is 6. The van der Waals surface area contributed by atoms with Crippen LogP contribution in [-0.2, 0) is 24.3 Å². The van der Waals surface area contributed by atoms with Crippen molar-refractivity contribution in [2.24, 2.45) is 0 Å². The van der Waals surface area contributed by atoms with Gasteiger partial charge in [0.05, 0.1) is 17.8 Å². The van der Waals surface area contributed by atoms with Crippen LogP contribution >= 0.6 is 0 Å². The molecule has 0 radical (unpaired) electrons. The molecule has 1 aliphatic rings. The highest BCUT2D eigenvalue weighted by Crippen LogP contribution is 2.27. The van der Waals surface area contributed by atoms with Crippen molar-refractivity contribution in [1.82, 2.24) is 4.31 Å². The van der Waals surface area contributed by atoms with Crippen LogP contribution < -0.4 is 0 Å². The lowest BCUT2D eigenvalue weighted by Gasteiger charge is -2.34. The average Bonchev–Trinajstić information content (AvgIpc) is 2.54. The lowest BCUT2D eigenvalue weighted by molar-refractivity contribution is 0.101. The molecule has 25 heavy (non-hydrogen) atoms. The summed E-state index contributed by atoms with van der Waals surface area (Å²) in [5.74, 6) is -0.127. The van der Waals surface area contributed by atoms with Gasteiger partial charge in [0, 0.05) is 18.2 Å². The summed E-state index contributed by atoms with van der Waals surface area (Å²) in [5, 5.41) is 0. The van der Waals surface area contributed by atoms with Crippen molar-refractivity contribution in [2.75, 3.05) is 19.4 Å². The van der Waals surface area contributed by atoms with Gasteiger partial charge in [0.1, 0.15) is 0 Å². The maximum Gasteiger partial charge on any atom is 0.264 e. The van der Waals surface area contributed by atoms with Crippen LogP contribution in [0.15, 0.2) is 29.2 Å². The molecule has 1 unspecified atom stereocenters. The molecule has 0 aliphatic carbocycles. The van der Waals surface area contributed by atoms with E-state index in [4.69, 9.17) is 4.18 Å². The maximum absolute atomic E-state index is 12.9. The molecule has 9 heteroatoms. The lowest BCUT2D eigenvalue weighted by Crippen LogP contribution is -2.44. The van der Waals surface area contributed by atoms with Crippen molar-refractivity contribution in [3.63, 3.8) is 0 Å². The number of ketones is 1. The Kier molecular flexibility index (Phi) is 6.36. The second kappa shape index (κ2) is 7.94. The van der Waals surface area contributed by atoms with Crippen LogP contribution in [0, 0.1) is 0 Å². The van der Waals surface area contributed by atoms with Crippen LogP contribution in [0.3, 0.4) is 0 Å². The standard InChI is InChI=1S/C16H23NO6S2/c1-13(18)14-6-8-16(9-7-14)25(21,22)17-11-4-3-5-15(17)10-12-23-24(2,19)20/h6-9,15H,3-5,10-12H2,1-2H3. The van der Waals surface area contributed by atoms with Crippen molar-refractivity contribution in [1.29, 1.82) is 0 Å². The molecule has 1 aromatic carbocycles. The molecular formula is C16H23NO6S2. The molecular weight excluding hydrogens is 366 g/mol. The molecule has 0 amide bonds. The number of carbonyl (C=O) groups is 1. The third-order valence-corrected chi connectivity index (χ3v) is 6.75. The highest BCUT2D eigenvalue weighted by molar-refractivity contribution is 7.89. The van der Waals surface area contributed by atoms with E-state index in [2.05, 4.69) is 0 Å². The normalized spacial score (nSPS) is 19.7. The Morgan fingerprint density at radius 3 is 2.36 bits per heavy atom. The van der Waals surface area contributed by atoms with E-state index in [1.165, 1.54) is 35.5 Å². The zero-order valence-corrected chi connectivity index (χ0v) is 16.0. The fraction of sp³-hybridized carbons (Fsp3) is 0.562. The Bertz CT molecular complexity index is 815. The van der Waals surface area contributed by atoms with Crippen molar-refractivity contribution in [3.05, 3.63) is 29.8 Å². The number of piperidine rings is 1. The fourth-order valence-corrected chi connectivity index (χ4v) is 5.03. The topological polar surface area (TPSA) is 97.8 Å². The largest absolute Gasteiger partial charge is 0.295 e. The summed E-state index contributed by atoms with van der Waals surface area (Å²) in [6.45, 7) is 1.77. The SMILES string of the molecule is CC(=O)c1ccc(S(=O)(=O)N2CCCCC2CCOS(C)(=O)=O)cc1. The Morgan fingerprint density at radius 2 is 1.80 bits per heavy atom. The smallest absolute Gasteiger partial charge is 0.264 e. The van der Waals surface area contributed by atoms with Crippen molar-refractivity contribution >= 4 is 25.9 Å². The van der Waals surface area contributed by atoms with E-state index in [-0.39, 0.29) is 23.3 Å². The number of Topliss-reactive ketones (excluding diaryl/α,β-unsaturated/α-hetero) is 1. The predicted octanol–water partition coefficient (Wildman–Crippen LogP) is 1.80. The second-order valence-corrected chi connectivity index (χ2v) is 9.70. The van der Waals surface area contributed by atoms with Crippen LogP contribution in [0.4, 0.5) is 0 Å². The minimum Gasteiger partial charge on any atom is -0.295 e. The van der Waals surface area contributed by atoms with Crippen LogP contribution in [0.25, 0.3) is 0 Å². The molecule has 0 saturated carbocycles. The number of carbonyl (C=O) groups excluding carboxylic acids is 1. The molecule has 0 bridgehead atoms. The zero-order valence-electron chi connectivity index (χ0n) is 14.3. The lowest BCUT2D eigenvalue weighted by atomic mass is 10.0. The second-order valence-electron chi connectivity index (χ2n) is 6.16. The maximum atomic E-state index is 12.9. The number of benzene rings is 1. The molecule has 1 atom stereocenters. The first kappa shape index (κ1) is 20.0. The highest BCUT2D eigenvalue weighted by atomic mass is 32.2. The molecule has 1 aromatic rings. The van der Waals surface area contributed by atoms with E-state index in [0.29, 0.717) is 24.9 Å². The van der Waals surface area contributed by atoms with Crippen molar-refractivity contribution in [2.45, 2.75) is 43.5 Å². The first-order chi connectivity index (χ1) is 11.6. The van der Waals surface area contributed by atoms with Gasteiger partial charge in [-0.25, -0.2) is 8.42 Å². The van der Waals surface area contributed by atoms with Gasteiger partial charge in [-0.1, -0.05) is 18.6 Å². The van der Waals surface area contributed by atoms with Gasteiger partial charge < -0.3 is 0 Å². The number of hydrogen-bond donors (Lipinski definition) is 0. The summed E-state index contributed by atoms with van der Waals surface area (Å²) in [6.07, 6.45) is 3.60. The summed E-state index contributed by atoms with van der Waals surface area (Å²) in [5.41, 5.74) is 0.454. The Morgan fingerprint density at radius 1 is 1.16 bits per heavy atom. The first-order valence-corrected chi connectivity index (χ1v) is 11.3. The van der Waals surface area contributed by atoms with Crippen LogP contribution in [0.2, 0.25) is 0 Å². The minimum atomic E-state index is -3.70. The van der Waals surface area contributed by atoms with Crippen LogP contribution in [0.1, 0.15) is 43.0 Å². The first-order valence-electron chi connectivity index (χ1n) is 8.08. The van der Waals surface area contributed by atoms with E-state index < -0.39 is 20.1 Å². The van der Waals surface area contributed by atoms with Gasteiger partial charge in [-0.2, -0.15) is 12.7 Å². The van der Waals surface area contributed by atoms with Gasteiger partial charge >= 0.3 is 0 Å². The van der Waals surface area contributed by atoms with Gasteiger partial charge in [0.25, 0.3) is 10.1 Å². The quantitative estimate of drug-likeness (QED) is 0.521. The van der Waals surface area contributed by atoms with E-state index in [0.717, 1.165) is 19.1 Å². The molecule has 0 N–H and O–H groups in total. The van der Waals surface area contributed by atoms with Gasteiger partial charge in [-0.15, -0.1) is 0 Å². The summed E-state index contributed by atoms with van der Waals surface area (Å²) < 4.78 is 54.2. The Hall–Kier alpha value is -1.29. The third kappa shape index (κ3) is 5.34. The monoisotopic (exact) mass is 389 g/mol. The van der Waals surface area contributed by atoms with Gasteiger partial charge in [-0.05, 0) is 38.3 Å². The molecule has 2 rings (SSSR count). The van der Waals surface area contributed by atoms with Gasteiger partial charge in [-0.3, -0.25) is 8.98 Å². The summed E-state index contributed by atoms with van der Waals surface area (Å²) in [4.78, 5) is 11.5. The average molecular weight is 389 g/mol. The molecule has 1 aliphatic heterocycles. The predicted molar refractivity (Wildman–Crippen MR) is 93.4 cm³/mol. The molecule has 0 spiro atoms. The van der Waals surface area contributed by atoms with Crippen LogP contribution in [0.5, 0.6) is 0 Å². The third-order valence-electron chi connectivity index (χ3n) is 4.19. The van der Waals surface area contributed by atoms with E-state index in [9.17, 15) is 21.6 Å².